The maximum atomic E-state index is 12.4. The first-order chi connectivity index (χ1) is 12.2. The third-order valence-electron chi connectivity index (χ3n) is 4.58. The van der Waals surface area contributed by atoms with E-state index in [1.165, 1.54) is 4.80 Å². The average Bonchev–Trinajstić information content (AvgIpc) is 3.18. The molecule has 0 radical (unpaired) electrons. The molecular weight excluding hydrogens is 332 g/mol. The van der Waals surface area contributed by atoms with Gasteiger partial charge >= 0.3 is 6.03 Å². The van der Waals surface area contributed by atoms with Gasteiger partial charge < -0.3 is 10.6 Å². The first-order valence-electron chi connectivity index (χ1n) is 8.27. The number of amides is 3. The molecule has 1 aromatic heterocycles. The zero-order valence-corrected chi connectivity index (χ0v) is 15.0. The molecule has 8 nitrogen and oxygen atoms in total. The van der Waals surface area contributed by atoms with Crippen molar-refractivity contribution in [2.45, 2.75) is 26.3 Å². The monoisotopic (exact) mass is 354 g/mol. The van der Waals surface area contributed by atoms with E-state index in [9.17, 15) is 9.59 Å². The third kappa shape index (κ3) is 3.05. The number of hydrogen-bond donors (Lipinski definition) is 3. The van der Waals surface area contributed by atoms with Crippen LogP contribution < -0.4 is 16.0 Å². The van der Waals surface area contributed by atoms with E-state index in [-0.39, 0.29) is 12.5 Å². The van der Waals surface area contributed by atoms with Crippen LogP contribution in [0.5, 0.6) is 0 Å². The van der Waals surface area contributed by atoms with Crippen LogP contribution in [0.1, 0.15) is 26.5 Å². The molecule has 0 bridgehead atoms. The molecule has 3 N–H and O–H groups in total. The van der Waals surface area contributed by atoms with Crippen LogP contribution in [0.2, 0.25) is 0 Å². The van der Waals surface area contributed by atoms with Gasteiger partial charge in [-0.3, -0.25) is 10.1 Å². The molecule has 1 atom stereocenters. The average molecular weight is 354 g/mol. The first-order valence-corrected chi connectivity index (χ1v) is 8.27. The predicted octanol–water partition coefficient (Wildman–Crippen LogP) is 1.45. The van der Waals surface area contributed by atoms with E-state index in [1.54, 1.807) is 6.20 Å². The van der Waals surface area contributed by atoms with Crippen LogP contribution in [-0.2, 0) is 4.79 Å². The van der Waals surface area contributed by atoms with Crippen molar-refractivity contribution in [1.82, 2.24) is 30.9 Å². The smallest absolute Gasteiger partial charge is 0.322 e. The minimum Gasteiger partial charge on any atom is -0.381 e. The summed E-state index contributed by atoms with van der Waals surface area (Å²) in [6.45, 7) is 9.86. The van der Waals surface area contributed by atoms with Crippen LogP contribution in [0.3, 0.4) is 0 Å². The van der Waals surface area contributed by atoms with Gasteiger partial charge in [-0.05, 0) is 17.5 Å². The van der Waals surface area contributed by atoms with Gasteiger partial charge in [-0.1, -0.05) is 45.5 Å². The van der Waals surface area contributed by atoms with Gasteiger partial charge in [0.05, 0.1) is 17.6 Å². The second kappa shape index (κ2) is 6.29. The lowest BCUT2D eigenvalue weighted by molar-refractivity contribution is -0.127. The Kier molecular flexibility index (Phi) is 4.27. The van der Waals surface area contributed by atoms with Crippen molar-refractivity contribution in [1.29, 1.82) is 0 Å². The van der Waals surface area contributed by atoms with E-state index in [2.05, 4.69) is 32.7 Å². The summed E-state index contributed by atoms with van der Waals surface area (Å²) in [6.07, 6.45) is 1.60. The van der Waals surface area contributed by atoms with Crippen molar-refractivity contribution in [2.24, 2.45) is 5.41 Å². The lowest BCUT2D eigenvalue weighted by atomic mass is 9.73. The lowest BCUT2D eigenvalue weighted by Crippen LogP contribution is -2.62. The Hall–Kier alpha value is -3.16. The highest BCUT2D eigenvalue weighted by Crippen LogP contribution is 2.32. The van der Waals surface area contributed by atoms with Gasteiger partial charge in [0.2, 0.25) is 0 Å². The molecular formula is C18H22N6O2. The van der Waals surface area contributed by atoms with Crippen LogP contribution in [0.15, 0.2) is 43.1 Å². The molecule has 1 unspecified atom stereocenters. The third-order valence-corrected chi connectivity index (χ3v) is 4.58. The fourth-order valence-electron chi connectivity index (χ4n) is 2.83. The van der Waals surface area contributed by atoms with Crippen molar-refractivity contribution in [2.75, 3.05) is 6.54 Å². The molecule has 0 spiro atoms. The van der Waals surface area contributed by atoms with Crippen molar-refractivity contribution >= 4 is 17.6 Å². The minimum atomic E-state index is -1.08. The second-order valence-electron chi connectivity index (χ2n) is 7.25. The van der Waals surface area contributed by atoms with Gasteiger partial charge in [0, 0.05) is 6.54 Å². The molecule has 3 rings (SSSR count). The number of rotatable bonds is 5. The number of imide groups is 1. The zero-order chi connectivity index (χ0) is 18.9. The van der Waals surface area contributed by atoms with Crippen LogP contribution in [-0.4, -0.2) is 39.0 Å². The van der Waals surface area contributed by atoms with E-state index < -0.39 is 17.0 Å². The number of benzene rings is 1. The molecule has 1 aromatic carbocycles. The Morgan fingerprint density at radius 1 is 1.27 bits per heavy atom. The summed E-state index contributed by atoms with van der Waals surface area (Å²) in [4.78, 5) is 25.6. The Bertz CT molecular complexity index is 852. The van der Waals surface area contributed by atoms with Crippen molar-refractivity contribution in [3.63, 3.8) is 0 Å². The van der Waals surface area contributed by atoms with Crippen molar-refractivity contribution < 1.29 is 9.59 Å². The summed E-state index contributed by atoms with van der Waals surface area (Å²) in [5.41, 5.74) is 0.327. The van der Waals surface area contributed by atoms with Gasteiger partial charge in [-0.25, -0.2) is 4.79 Å². The molecule has 26 heavy (non-hydrogen) atoms. The van der Waals surface area contributed by atoms with Crippen molar-refractivity contribution in [3.05, 3.63) is 48.8 Å². The molecule has 0 aliphatic carbocycles. The van der Waals surface area contributed by atoms with Crippen LogP contribution >= 0.6 is 0 Å². The van der Waals surface area contributed by atoms with E-state index >= 15 is 0 Å². The number of carbonyl (C=O) groups excluding carboxylic acids is 2. The van der Waals surface area contributed by atoms with Gasteiger partial charge in [0.1, 0.15) is 11.2 Å². The highest BCUT2D eigenvalue weighted by molar-refractivity contribution is 6.07. The summed E-state index contributed by atoms with van der Waals surface area (Å²) in [7, 11) is 0. The SMILES string of the molecule is C=C(NCC1(C(C)(C)C)NC(=O)NC1=O)c1cnn(-c2ccccc2)n1. The predicted molar refractivity (Wildman–Crippen MR) is 97.3 cm³/mol. The van der Waals surface area contributed by atoms with E-state index in [0.29, 0.717) is 11.4 Å². The molecule has 136 valence electrons. The van der Waals surface area contributed by atoms with Crippen molar-refractivity contribution in [3.8, 4) is 5.69 Å². The summed E-state index contributed by atoms with van der Waals surface area (Å²) < 4.78 is 0. The molecule has 2 aromatic rings. The summed E-state index contributed by atoms with van der Waals surface area (Å²) >= 11 is 0. The second-order valence-corrected chi connectivity index (χ2v) is 7.25. The summed E-state index contributed by atoms with van der Waals surface area (Å²) in [5, 5.41) is 16.8. The Balaban J connectivity index is 1.75. The van der Waals surface area contributed by atoms with Crippen LogP contribution in [0.4, 0.5) is 4.79 Å². The van der Waals surface area contributed by atoms with E-state index in [0.717, 1.165) is 5.69 Å². The maximum absolute atomic E-state index is 12.4. The normalized spacial score (nSPS) is 19.8. The maximum Gasteiger partial charge on any atom is 0.322 e. The fraction of sp³-hybridized carbons (Fsp3) is 0.333. The molecule has 2 heterocycles. The number of carbonyl (C=O) groups is 2. The number of nitrogens with one attached hydrogen (secondary N) is 3. The largest absolute Gasteiger partial charge is 0.381 e. The number of hydrogen-bond acceptors (Lipinski definition) is 5. The topological polar surface area (TPSA) is 101 Å². The summed E-state index contributed by atoms with van der Waals surface area (Å²) in [5.74, 6) is -0.358. The highest BCUT2D eigenvalue weighted by Gasteiger charge is 2.54. The lowest BCUT2D eigenvalue weighted by Gasteiger charge is -2.39. The van der Waals surface area contributed by atoms with Gasteiger partial charge in [0.25, 0.3) is 5.91 Å². The van der Waals surface area contributed by atoms with Gasteiger partial charge in [-0.15, -0.1) is 5.10 Å². The quantitative estimate of drug-likeness (QED) is 0.706. The molecule has 1 fully saturated rings. The van der Waals surface area contributed by atoms with Gasteiger partial charge in [0.15, 0.2) is 0 Å². The Morgan fingerprint density at radius 3 is 2.54 bits per heavy atom. The van der Waals surface area contributed by atoms with Gasteiger partial charge in [-0.2, -0.15) is 9.90 Å². The first kappa shape index (κ1) is 17.7. The number of para-hydroxylation sites is 1. The van der Waals surface area contributed by atoms with E-state index in [4.69, 9.17) is 0 Å². The molecule has 0 saturated carbocycles. The Labute approximate surface area is 151 Å². The number of nitrogens with zero attached hydrogens (tertiary/aromatic N) is 3. The Morgan fingerprint density at radius 2 is 1.96 bits per heavy atom. The molecule has 1 aliphatic heterocycles. The number of aromatic nitrogens is 3. The van der Waals surface area contributed by atoms with Crippen LogP contribution in [0, 0.1) is 5.41 Å². The standard InChI is InChI=1S/C18H22N6O2/c1-12(14-10-20-24(23-14)13-8-6-5-7-9-13)19-11-18(17(2,3)4)15(25)21-16(26)22-18/h5-10,19H,1,11H2,2-4H3,(H2,21,22,25,26). The highest BCUT2D eigenvalue weighted by atomic mass is 16.2. The molecule has 8 heteroatoms. The fourth-order valence-corrected chi connectivity index (χ4v) is 2.83. The zero-order valence-electron chi connectivity index (χ0n) is 15.0. The number of urea groups is 1. The molecule has 3 amide bonds. The molecule has 1 saturated heterocycles. The summed E-state index contributed by atoms with van der Waals surface area (Å²) in [6, 6.07) is 9.02. The minimum absolute atomic E-state index is 0.186. The molecule has 1 aliphatic rings. The van der Waals surface area contributed by atoms with Crippen LogP contribution in [0.25, 0.3) is 11.4 Å². The van der Waals surface area contributed by atoms with E-state index in [1.807, 2.05) is 51.1 Å².